The highest BCUT2D eigenvalue weighted by Crippen LogP contribution is 2.19. The molecule has 0 aliphatic carbocycles. The van der Waals surface area contributed by atoms with E-state index in [1.807, 2.05) is 26.0 Å². The number of aromatic nitrogens is 1. The van der Waals surface area contributed by atoms with Crippen LogP contribution in [0.2, 0.25) is 0 Å². The van der Waals surface area contributed by atoms with Crippen LogP contribution in [-0.4, -0.2) is 56.1 Å². The summed E-state index contributed by atoms with van der Waals surface area (Å²) in [7, 11) is -3.52. The Morgan fingerprint density at radius 1 is 1.20 bits per heavy atom. The summed E-state index contributed by atoms with van der Waals surface area (Å²) in [6.45, 7) is 6.87. The highest BCUT2D eigenvalue weighted by Gasteiger charge is 2.30. The summed E-state index contributed by atoms with van der Waals surface area (Å²) in [5.41, 5.74) is 0.925. The van der Waals surface area contributed by atoms with Gasteiger partial charge in [0.25, 0.3) is 10.2 Å². The molecule has 1 aromatic rings. The first-order valence-electron chi connectivity index (χ1n) is 9.04. The molecular weight excluding hydrogens is 340 g/mol. The first kappa shape index (κ1) is 18.6. The van der Waals surface area contributed by atoms with Gasteiger partial charge in [-0.15, -0.1) is 0 Å². The van der Waals surface area contributed by atoms with Crippen LogP contribution in [0.5, 0.6) is 0 Å². The van der Waals surface area contributed by atoms with Crippen LogP contribution in [0.15, 0.2) is 18.3 Å². The maximum absolute atomic E-state index is 12.6. The third kappa shape index (κ3) is 4.91. The second-order valence-electron chi connectivity index (χ2n) is 6.97. The number of nitrogens with one attached hydrogen (secondary N) is 1. The molecule has 1 N–H and O–H groups in total. The van der Waals surface area contributed by atoms with Crippen LogP contribution in [0, 0.1) is 0 Å². The van der Waals surface area contributed by atoms with E-state index >= 15 is 0 Å². The molecule has 0 unspecified atom stereocenters. The van der Waals surface area contributed by atoms with Crippen LogP contribution >= 0.6 is 0 Å². The van der Waals surface area contributed by atoms with Crippen molar-refractivity contribution >= 4 is 16.0 Å². The van der Waals surface area contributed by atoms with Gasteiger partial charge < -0.3 is 9.64 Å². The molecule has 1 aromatic heterocycles. The van der Waals surface area contributed by atoms with Crippen LogP contribution < -0.4 is 9.62 Å². The predicted octanol–water partition coefficient (Wildman–Crippen LogP) is 1.52. The Balaban J connectivity index is 1.62. The maximum atomic E-state index is 12.6. The molecule has 0 bridgehead atoms. The van der Waals surface area contributed by atoms with Crippen molar-refractivity contribution in [2.45, 2.75) is 51.9 Å². The molecule has 0 radical (unpaired) electrons. The summed E-state index contributed by atoms with van der Waals surface area (Å²) in [6.07, 6.45) is 5.22. The summed E-state index contributed by atoms with van der Waals surface area (Å²) in [6, 6.07) is 3.85. The normalized spacial score (nSPS) is 25.9. The SMILES string of the molecule is C[C@@H]1CN(S(=O)(=O)NCc2ccnc(N3CCCCC3)c2)C[C@H](C)O1. The number of morpholine rings is 1. The molecule has 140 valence electrons. The maximum Gasteiger partial charge on any atom is 0.279 e. The largest absolute Gasteiger partial charge is 0.373 e. The van der Waals surface area contributed by atoms with E-state index in [-0.39, 0.29) is 18.8 Å². The number of anilines is 1. The number of rotatable bonds is 5. The molecule has 2 fully saturated rings. The Bertz CT molecular complexity index is 666. The van der Waals surface area contributed by atoms with Gasteiger partial charge in [0.05, 0.1) is 12.2 Å². The second kappa shape index (κ2) is 7.99. The van der Waals surface area contributed by atoms with Crippen molar-refractivity contribution in [3.8, 4) is 0 Å². The van der Waals surface area contributed by atoms with Crippen molar-refractivity contribution in [3.63, 3.8) is 0 Å². The van der Waals surface area contributed by atoms with Crippen LogP contribution in [0.1, 0.15) is 38.7 Å². The van der Waals surface area contributed by atoms with E-state index in [4.69, 9.17) is 4.74 Å². The van der Waals surface area contributed by atoms with Crippen molar-refractivity contribution in [2.24, 2.45) is 0 Å². The zero-order valence-corrected chi connectivity index (χ0v) is 15.8. The third-order valence-corrected chi connectivity index (χ3v) is 6.16. The molecular formula is C17H28N4O3S. The van der Waals surface area contributed by atoms with E-state index in [0.29, 0.717) is 13.1 Å². The van der Waals surface area contributed by atoms with Gasteiger partial charge in [-0.2, -0.15) is 17.4 Å². The highest BCUT2D eigenvalue weighted by atomic mass is 32.2. The van der Waals surface area contributed by atoms with Crippen LogP contribution in [0.25, 0.3) is 0 Å². The zero-order chi connectivity index (χ0) is 17.9. The average Bonchev–Trinajstić information content (AvgIpc) is 2.60. The van der Waals surface area contributed by atoms with Gasteiger partial charge in [-0.1, -0.05) is 0 Å². The van der Waals surface area contributed by atoms with Gasteiger partial charge >= 0.3 is 0 Å². The molecule has 3 heterocycles. The van der Waals surface area contributed by atoms with Gasteiger partial charge in [0.2, 0.25) is 0 Å². The summed E-state index contributed by atoms with van der Waals surface area (Å²) in [5, 5.41) is 0. The first-order valence-corrected chi connectivity index (χ1v) is 10.5. The lowest BCUT2D eigenvalue weighted by Crippen LogP contribution is -2.51. The predicted molar refractivity (Wildman–Crippen MR) is 97.6 cm³/mol. The number of hydrogen-bond donors (Lipinski definition) is 1. The van der Waals surface area contributed by atoms with Crippen LogP contribution in [-0.2, 0) is 21.5 Å². The van der Waals surface area contributed by atoms with Gasteiger partial charge in [-0.05, 0) is 50.8 Å². The molecule has 0 saturated carbocycles. The van der Waals surface area contributed by atoms with Gasteiger partial charge in [-0.3, -0.25) is 0 Å². The Labute approximate surface area is 150 Å². The minimum atomic E-state index is -3.52. The Hall–Kier alpha value is -1.22. The fraction of sp³-hybridized carbons (Fsp3) is 0.706. The van der Waals surface area contributed by atoms with Crippen LogP contribution in [0.4, 0.5) is 5.82 Å². The van der Waals surface area contributed by atoms with Gasteiger partial charge in [-0.25, -0.2) is 4.98 Å². The van der Waals surface area contributed by atoms with Crippen molar-refractivity contribution in [1.82, 2.24) is 14.0 Å². The van der Waals surface area contributed by atoms with E-state index in [2.05, 4.69) is 14.6 Å². The van der Waals surface area contributed by atoms with Crippen molar-refractivity contribution in [1.29, 1.82) is 0 Å². The molecule has 0 spiro atoms. The fourth-order valence-corrected chi connectivity index (χ4v) is 4.80. The lowest BCUT2D eigenvalue weighted by Gasteiger charge is -2.34. The van der Waals surface area contributed by atoms with Gasteiger partial charge in [0.1, 0.15) is 5.82 Å². The molecule has 0 aromatic carbocycles. The van der Waals surface area contributed by atoms with E-state index in [1.165, 1.54) is 23.6 Å². The number of pyridine rings is 1. The zero-order valence-electron chi connectivity index (χ0n) is 15.0. The topological polar surface area (TPSA) is 74.8 Å². The summed E-state index contributed by atoms with van der Waals surface area (Å²) < 4.78 is 34.9. The molecule has 25 heavy (non-hydrogen) atoms. The molecule has 8 heteroatoms. The number of ether oxygens (including phenoxy) is 1. The Morgan fingerprint density at radius 3 is 2.56 bits per heavy atom. The summed E-state index contributed by atoms with van der Waals surface area (Å²) >= 11 is 0. The van der Waals surface area contributed by atoms with Gasteiger partial charge in [0, 0.05) is 38.9 Å². The fourth-order valence-electron chi connectivity index (χ4n) is 3.46. The Kier molecular flexibility index (Phi) is 5.93. The Morgan fingerprint density at radius 2 is 1.88 bits per heavy atom. The molecule has 7 nitrogen and oxygen atoms in total. The molecule has 2 atom stereocenters. The van der Waals surface area contributed by atoms with E-state index in [9.17, 15) is 8.42 Å². The lowest BCUT2D eigenvalue weighted by atomic mass is 10.1. The van der Waals surface area contributed by atoms with Crippen molar-refractivity contribution in [2.75, 3.05) is 31.1 Å². The molecule has 3 rings (SSSR count). The monoisotopic (exact) mass is 368 g/mol. The third-order valence-electron chi connectivity index (χ3n) is 4.67. The second-order valence-corrected chi connectivity index (χ2v) is 8.73. The molecule has 2 aliphatic rings. The van der Waals surface area contributed by atoms with E-state index in [0.717, 1.165) is 24.5 Å². The summed E-state index contributed by atoms with van der Waals surface area (Å²) in [5.74, 6) is 0.935. The first-order chi connectivity index (χ1) is 11.9. The van der Waals surface area contributed by atoms with Crippen LogP contribution in [0.3, 0.4) is 0 Å². The molecule has 0 amide bonds. The lowest BCUT2D eigenvalue weighted by molar-refractivity contribution is -0.0444. The number of hydrogen-bond acceptors (Lipinski definition) is 5. The van der Waals surface area contributed by atoms with E-state index in [1.54, 1.807) is 6.20 Å². The van der Waals surface area contributed by atoms with E-state index < -0.39 is 10.2 Å². The average molecular weight is 369 g/mol. The number of piperidine rings is 1. The summed E-state index contributed by atoms with van der Waals surface area (Å²) in [4.78, 5) is 6.71. The van der Waals surface area contributed by atoms with Crippen molar-refractivity contribution < 1.29 is 13.2 Å². The molecule has 2 saturated heterocycles. The van der Waals surface area contributed by atoms with Gasteiger partial charge in [0.15, 0.2) is 0 Å². The molecule has 2 aliphatic heterocycles. The number of nitrogens with zero attached hydrogens (tertiary/aromatic N) is 3. The highest BCUT2D eigenvalue weighted by molar-refractivity contribution is 7.87. The standard InChI is InChI=1S/C17H28N4O3S/c1-14-12-21(13-15(2)24-14)25(22,23)19-11-16-6-7-18-17(10-16)20-8-4-3-5-9-20/h6-7,10,14-15,19H,3-5,8-9,11-13H2,1-2H3/t14-,15+. The smallest absolute Gasteiger partial charge is 0.279 e. The minimum absolute atomic E-state index is 0.0908. The minimum Gasteiger partial charge on any atom is -0.373 e. The quantitative estimate of drug-likeness (QED) is 0.853. The van der Waals surface area contributed by atoms with Crippen molar-refractivity contribution in [3.05, 3.63) is 23.9 Å².